The van der Waals surface area contributed by atoms with Crippen molar-refractivity contribution < 1.29 is 23.4 Å². The monoisotopic (exact) mass is 378 g/mol. The molecule has 26 heavy (non-hydrogen) atoms. The first kappa shape index (κ1) is 19.3. The van der Waals surface area contributed by atoms with E-state index in [-0.39, 0.29) is 11.6 Å². The van der Waals surface area contributed by atoms with Crippen LogP contribution in [0.1, 0.15) is 6.42 Å². The Morgan fingerprint density at radius 1 is 1.31 bits per heavy atom. The van der Waals surface area contributed by atoms with Crippen molar-refractivity contribution in [3.05, 3.63) is 70.6 Å². The van der Waals surface area contributed by atoms with E-state index in [9.17, 15) is 9.18 Å². The van der Waals surface area contributed by atoms with Crippen molar-refractivity contribution in [2.75, 3.05) is 19.6 Å². The molecule has 0 spiro atoms. The number of hydrogen-bond acceptors (Lipinski definition) is 6. The first-order chi connectivity index (χ1) is 12.5. The van der Waals surface area contributed by atoms with Gasteiger partial charge in [0, 0.05) is 17.3 Å². The summed E-state index contributed by atoms with van der Waals surface area (Å²) in [6.45, 7) is 0. The van der Waals surface area contributed by atoms with E-state index in [0.29, 0.717) is 28.5 Å². The maximum Gasteiger partial charge on any atom is 0.377 e. The summed E-state index contributed by atoms with van der Waals surface area (Å²) < 4.78 is 27.9. The number of hydrazone groups is 1. The Balaban J connectivity index is 2.22. The molecule has 0 unspecified atom stereocenters. The lowest BCUT2D eigenvalue weighted by molar-refractivity contribution is -0.139. The highest BCUT2D eigenvalue weighted by atomic mass is 35.5. The minimum Gasteiger partial charge on any atom is -0.500 e. The number of halogens is 2. The van der Waals surface area contributed by atoms with Gasteiger partial charge in [0.1, 0.15) is 17.8 Å². The number of anilines is 1. The van der Waals surface area contributed by atoms with E-state index < -0.39 is 5.97 Å². The van der Waals surface area contributed by atoms with Crippen LogP contribution in [-0.4, -0.2) is 26.1 Å². The van der Waals surface area contributed by atoms with Gasteiger partial charge in [-0.05, 0) is 36.4 Å². The molecule has 0 radical (unpaired) electrons. The van der Waals surface area contributed by atoms with E-state index in [2.05, 4.69) is 21.1 Å². The Morgan fingerprint density at radius 3 is 2.69 bits per heavy atom. The summed E-state index contributed by atoms with van der Waals surface area (Å²) in [6, 6.07) is 5.67. The largest absolute Gasteiger partial charge is 0.500 e. The van der Waals surface area contributed by atoms with Crippen LogP contribution in [0.4, 0.5) is 10.1 Å². The summed E-state index contributed by atoms with van der Waals surface area (Å²) in [7, 11) is 2.61. The van der Waals surface area contributed by atoms with Gasteiger partial charge in [0.15, 0.2) is 0 Å². The quantitative estimate of drug-likeness (QED) is 0.268. The Bertz CT molecular complexity index is 822. The molecule has 8 heteroatoms. The van der Waals surface area contributed by atoms with E-state index in [0.717, 1.165) is 6.26 Å². The number of carbonyl (C=O) groups is 1. The average Bonchev–Trinajstić information content (AvgIpc) is 2.64. The maximum atomic E-state index is 12.9. The number of benzene rings is 1. The van der Waals surface area contributed by atoms with Crippen LogP contribution in [0.2, 0.25) is 0 Å². The molecule has 1 aromatic carbocycles. The van der Waals surface area contributed by atoms with Gasteiger partial charge >= 0.3 is 5.97 Å². The van der Waals surface area contributed by atoms with Crippen molar-refractivity contribution in [1.29, 1.82) is 0 Å². The van der Waals surface area contributed by atoms with Crippen LogP contribution in [0.5, 0.6) is 0 Å². The van der Waals surface area contributed by atoms with Crippen LogP contribution >= 0.6 is 11.6 Å². The van der Waals surface area contributed by atoms with E-state index in [1.54, 1.807) is 12.2 Å². The third-order valence-electron chi connectivity index (χ3n) is 3.11. The van der Waals surface area contributed by atoms with Crippen molar-refractivity contribution in [3.8, 4) is 0 Å². The molecule has 2 rings (SSSR count). The topological polar surface area (TPSA) is 69.2 Å². The number of carbonyl (C=O) groups excluding carboxylic acids is 1. The van der Waals surface area contributed by atoms with Crippen LogP contribution < -0.4 is 5.43 Å². The van der Waals surface area contributed by atoms with Gasteiger partial charge in [0.25, 0.3) is 0 Å². The van der Waals surface area contributed by atoms with Gasteiger partial charge in [0.05, 0.1) is 25.5 Å². The van der Waals surface area contributed by atoms with Crippen LogP contribution in [0.3, 0.4) is 0 Å². The molecule has 136 valence electrons. The molecule has 0 atom stereocenters. The lowest BCUT2D eigenvalue weighted by Crippen LogP contribution is -2.11. The molecule has 0 saturated heterocycles. The van der Waals surface area contributed by atoms with E-state index >= 15 is 0 Å². The second-order valence-electron chi connectivity index (χ2n) is 4.95. The highest BCUT2D eigenvalue weighted by Gasteiger charge is 2.19. The van der Waals surface area contributed by atoms with Crippen molar-refractivity contribution in [2.45, 2.75) is 6.42 Å². The Kier molecular flexibility index (Phi) is 7.02. The van der Waals surface area contributed by atoms with Crippen molar-refractivity contribution in [2.24, 2.45) is 5.10 Å². The predicted octanol–water partition coefficient (Wildman–Crippen LogP) is 3.84. The summed E-state index contributed by atoms with van der Waals surface area (Å²) in [6.07, 6.45) is 4.65. The second kappa shape index (κ2) is 9.46. The van der Waals surface area contributed by atoms with Crippen molar-refractivity contribution >= 4 is 29.1 Å². The zero-order valence-electron chi connectivity index (χ0n) is 14.1. The van der Waals surface area contributed by atoms with Crippen LogP contribution in [0.25, 0.3) is 0 Å². The average molecular weight is 379 g/mol. The van der Waals surface area contributed by atoms with Crippen LogP contribution in [0.15, 0.2) is 69.9 Å². The molecule has 0 bridgehead atoms. The minimum absolute atomic E-state index is 0.140. The summed E-state index contributed by atoms with van der Waals surface area (Å²) in [4.78, 5) is 11.7. The van der Waals surface area contributed by atoms with E-state index in [1.807, 2.05) is 0 Å². The lowest BCUT2D eigenvalue weighted by atomic mass is 10.1. The fourth-order valence-electron chi connectivity index (χ4n) is 1.90. The standard InChI is InChI=1S/C18H16ClFN2O4/c1-24-11-17(18(23)25-2)26-16-8-3-13(19)9-12(16)10-21-22-15-6-4-14(20)5-7-15/h3-8,11,22H,9H2,1-2H3. The Morgan fingerprint density at radius 2 is 2.04 bits per heavy atom. The van der Waals surface area contributed by atoms with Crippen molar-refractivity contribution in [1.82, 2.24) is 0 Å². The van der Waals surface area contributed by atoms with Gasteiger partial charge in [-0.3, -0.25) is 5.43 Å². The van der Waals surface area contributed by atoms with Crippen LogP contribution in [0, 0.1) is 5.82 Å². The molecule has 0 saturated carbocycles. The lowest BCUT2D eigenvalue weighted by Gasteiger charge is -2.15. The SMILES string of the molecule is COC=C(OC1=CC=C(Cl)CC1=C=NNc1ccc(F)cc1)C(=O)OC. The summed E-state index contributed by atoms with van der Waals surface area (Å²) >= 11 is 6.04. The first-order valence-corrected chi connectivity index (χ1v) is 7.80. The molecule has 1 N–H and O–H groups in total. The highest BCUT2D eigenvalue weighted by molar-refractivity contribution is 6.30. The molecule has 0 aromatic heterocycles. The second-order valence-corrected chi connectivity index (χ2v) is 5.44. The molecule has 6 nitrogen and oxygen atoms in total. The molecular formula is C18H16ClFN2O4. The van der Waals surface area contributed by atoms with E-state index in [4.69, 9.17) is 21.1 Å². The first-order valence-electron chi connectivity index (χ1n) is 7.42. The Hall–Kier alpha value is -3.02. The fraction of sp³-hybridized carbons (Fsp3) is 0.167. The van der Waals surface area contributed by atoms with Gasteiger partial charge in [-0.25, -0.2) is 9.18 Å². The Labute approximate surface area is 154 Å². The van der Waals surface area contributed by atoms with Gasteiger partial charge in [-0.2, -0.15) is 0 Å². The number of allylic oxidation sites excluding steroid dienone is 4. The van der Waals surface area contributed by atoms with Gasteiger partial charge < -0.3 is 14.2 Å². The number of methoxy groups -OCH3 is 2. The van der Waals surface area contributed by atoms with Crippen LogP contribution in [-0.2, 0) is 19.0 Å². The highest BCUT2D eigenvalue weighted by Crippen LogP contribution is 2.27. The zero-order chi connectivity index (χ0) is 18.9. The number of rotatable bonds is 6. The number of esters is 1. The molecule has 0 amide bonds. The summed E-state index contributed by atoms with van der Waals surface area (Å²) in [5, 5.41) is 4.51. The zero-order valence-corrected chi connectivity index (χ0v) is 14.8. The summed E-state index contributed by atoms with van der Waals surface area (Å²) in [5.74, 6) is 1.89. The number of ether oxygens (including phenoxy) is 3. The molecule has 0 heterocycles. The number of nitrogens with one attached hydrogen (secondary N) is 1. The number of nitrogens with zero attached hydrogens (tertiary/aromatic N) is 1. The van der Waals surface area contributed by atoms with Gasteiger partial charge in [0.2, 0.25) is 5.76 Å². The van der Waals surface area contributed by atoms with Gasteiger partial charge in [-0.15, -0.1) is 5.10 Å². The molecule has 0 aliphatic heterocycles. The third-order valence-corrected chi connectivity index (χ3v) is 3.37. The molecule has 1 aliphatic carbocycles. The minimum atomic E-state index is -0.700. The smallest absolute Gasteiger partial charge is 0.377 e. The number of hydrogen-bond donors (Lipinski definition) is 1. The third kappa shape index (κ3) is 5.51. The normalized spacial score (nSPS) is 13.8. The summed E-state index contributed by atoms with van der Waals surface area (Å²) in [5.41, 5.74) is 3.80. The van der Waals surface area contributed by atoms with Gasteiger partial charge in [-0.1, -0.05) is 11.6 Å². The predicted molar refractivity (Wildman–Crippen MR) is 95.8 cm³/mol. The molecule has 1 aliphatic rings. The maximum absolute atomic E-state index is 12.9. The van der Waals surface area contributed by atoms with E-state index in [1.165, 1.54) is 38.5 Å². The molecule has 1 aromatic rings. The molecule has 0 fully saturated rings. The van der Waals surface area contributed by atoms with Crippen molar-refractivity contribution in [3.63, 3.8) is 0 Å². The fourth-order valence-corrected chi connectivity index (χ4v) is 2.09. The molecular weight excluding hydrogens is 363 g/mol.